The Morgan fingerprint density at radius 2 is 1.83 bits per heavy atom. The standard InChI is InChI=1S/C17H13FN2O3/c18-13-3-1-2-12(10-13)17-20-19-16(23-17)9-11-4-5-14-15(8-11)22-7-6-21-14/h1-5,8,10H,6-7,9H2. The minimum Gasteiger partial charge on any atom is -0.486 e. The molecule has 2 heterocycles. The molecule has 0 bridgehead atoms. The Balaban J connectivity index is 1.56. The van der Waals surface area contributed by atoms with Crippen molar-refractivity contribution in [3.63, 3.8) is 0 Å². The number of aromatic nitrogens is 2. The number of nitrogens with zero attached hydrogens (tertiary/aromatic N) is 2. The van der Waals surface area contributed by atoms with Crippen molar-refractivity contribution in [3.05, 3.63) is 59.7 Å². The van der Waals surface area contributed by atoms with E-state index >= 15 is 0 Å². The van der Waals surface area contributed by atoms with Crippen LogP contribution in [0.3, 0.4) is 0 Å². The second kappa shape index (κ2) is 5.72. The molecule has 0 N–H and O–H groups in total. The number of hydrogen-bond donors (Lipinski definition) is 0. The maximum Gasteiger partial charge on any atom is 0.247 e. The van der Waals surface area contributed by atoms with Crippen molar-refractivity contribution >= 4 is 0 Å². The Morgan fingerprint density at radius 1 is 0.957 bits per heavy atom. The summed E-state index contributed by atoms with van der Waals surface area (Å²) < 4.78 is 29.9. The van der Waals surface area contributed by atoms with E-state index < -0.39 is 0 Å². The van der Waals surface area contributed by atoms with Gasteiger partial charge in [-0.05, 0) is 35.9 Å². The van der Waals surface area contributed by atoms with Crippen LogP contribution in [0.15, 0.2) is 46.9 Å². The van der Waals surface area contributed by atoms with E-state index in [1.807, 2.05) is 18.2 Å². The molecule has 5 nitrogen and oxygen atoms in total. The average molecular weight is 312 g/mol. The molecule has 1 aromatic heterocycles. The van der Waals surface area contributed by atoms with E-state index in [0.717, 1.165) is 17.1 Å². The number of hydrogen-bond acceptors (Lipinski definition) is 5. The predicted octanol–water partition coefficient (Wildman–Crippen LogP) is 3.24. The van der Waals surface area contributed by atoms with Gasteiger partial charge in [-0.1, -0.05) is 12.1 Å². The molecule has 23 heavy (non-hydrogen) atoms. The lowest BCUT2D eigenvalue weighted by atomic mass is 10.1. The van der Waals surface area contributed by atoms with Crippen molar-refractivity contribution in [3.8, 4) is 23.0 Å². The van der Waals surface area contributed by atoms with Gasteiger partial charge in [-0.3, -0.25) is 0 Å². The smallest absolute Gasteiger partial charge is 0.247 e. The Morgan fingerprint density at radius 3 is 2.70 bits per heavy atom. The van der Waals surface area contributed by atoms with Crippen LogP contribution in [-0.4, -0.2) is 23.4 Å². The zero-order valence-electron chi connectivity index (χ0n) is 12.2. The molecule has 0 spiro atoms. The van der Waals surface area contributed by atoms with Crippen LogP contribution in [-0.2, 0) is 6.42 Å². The molecule has 0 fully saturated rings. The van der Waals surface area contributed by atoms with E-state index in [2.05, 4.69) is 10.2 Å². The third-order valence-corrected chi connectivity index (χ3v) is 3.50. The van der Waals surface area contributed by atoms with E-state index in [9.17, 15) is 4.39 Å². The summed E-state index contributed by atoms with van der Waals surface area (Å²) in [5.74, 6) is 1.89. The van der Waals surface area contributed by atoms with Gasteiger partial charge in [-0.2, -0.15) is 0 Å². The van der Waals surface area contributed by atoms with Gasteiger partial charge in [0.2, 0.25) is 11.8 Å². The number of rotatable bonds is 3. The highest BCUT2D eigenvalue weighted by atomic mass is 19.1. The lowest BCUT2D eigenvalue weighted by Gasteiger charge is -2.18. The SMILES string of the molecule is Fc1cccc(-c2nnc(Cc3ccc4c(c3)OCCO4)o2)c1. The Kier molecular flexibility index (Phi) is 3.42. The normalized spacial score (nSPS) is 13.1. The van der Waals surface area contributed by atoms with Gasteiger partial charge >= 0.3 is 0 Å². The van der Waals surface area contributed by atoms with E-state index in [1.54, 1.807) is 12.1 Å². The molecule has 4 rings (SSSR count). The van der Waals surface area contributed by atoms with E-state index in [1.165, 1.54) is 12.1 Å². The van der Waals surface area contributed by atoms with Crippen LogP contribution in [0.4, 0.5) is 4.39 Å². The molecule has 0 atom stereocenters. The summed E-state index contributed by atoms with van der Waals surface area (Å²) in [7, 11) is 0. The first kappa shape index (κ1) is 13.8. The van der Waals surface area contributed by atoms with Crippen molar-refractivity contribution in [1.29, 1.82) is 0 Å². The van der Waals surface area contributed by atoms with Crippen molar-refractivity contribution in [2.24, 2.45) is 0 Å². The molecule has 0 radical (unpaired) electrons. The fourth-order valence-electron chi connectivity index (χ4n) is 2.44. The summed E-state index contributed by atoms with van der Waals surface area (Å²) in [4.78, 5) is 0. The van der Waals surface area contributed by atoms with Crippen LogP contribution in [0.1, 0.15) is 11.5 Å². The molecule has 0 amide bonds. The molecule has 116 valence electrons. The van der Waals surface area contributed by atoms with Gasteiger partial charge in [-0.15, -0.1) is 10.2 Å². The zero-order valence-corrected chi connectivity index (χ0v) is 12.2. The quantitative estimate of drug-likeness (QED) is 0.743. The average Bonchev–Trinajstić information content (AvgIpc) is 3.03. The second-order valence-corrected chi connectivity index (χ2v) is 5.17. The summed E-state index contributed by atoms with van der Waals surface area (Å²) >= 11 is 0. The van der Waals surface area contributed by atoms with Gasteiger partial charge in [-0.25, -0.2) is 4.39 Å². The second-order valence-electron chi connectivity index (χ2n) is 5.17. The van der Waals surface area contributed by atoms with Gasteiger partial charge in [0.1, 0.15) is 19.0 Å². The van der Waals surface area contributed by atoms with Gasteiger partial charge in [0, 0.05) is 5.56 Å². The maximum atomic E-state index is 13.3. The number of benzene rings is 2. The Bertz CT molecular complexity index is 847. The van der Waals surface area contributed by atoms with Crippen molar-refractivity contribution in [2.45, 2.75) is 6.42 Å². The Hall–Kier alpha value is -2.89. The zero-order chi connectivity index (χ0) is 15.6. The number of halogens is 1. The van der Waals surface area contributed by atoms with E-state index in [0.29, 0.717) is 37.0 Å². The third-order valence-electron chi connectivity index (χ3n) is 3.50. The molecule has 0 unspecified atom stereocenters. The summed E-state index contributed by atoms with van der Waals surface area (Å²) in [6, 6.07) is 11.8. The largest absolute Gasteiger partial charge is 0.486 e. The van der Waals surface area contributed by atoms with Crippen LogP contribution < -0.4 is 9.47 Å². The lowest BCUT2D eigenvalue weighted by molar-refractivity contribution is 0.171. The molecule has 0 saturated heterocycles. The molecule has 0 aliphatic carbocycles. The van der Waals surface area contributed by atoms with Crippen LogP contribution in [0.2, 0.25) is 0 Å². The van der Waals surface area contributed by atoms with E-state index in [-0.39, 0.29) is 5.82 Å². The fraction of sp³-hybridized carbons (Fsp3) is 0.176. The maximum absolute atomic E-state index is 13.3. The van der Waals surface area contributed by atoms with Crippen LogP contribution >= 0.6 is 0 Å². The molecular weight excluding hydrogens is 299 g/mol. The first-order valence-corrected chi connectivity index (χ1v) is 7.25. The van der Waals surface area contributed by atoms with Crippen LogP contribution in [0.25, 0.3) is 11.5 Å². The molecule has 1 aliphatic heterocycles. The van der Waals surface area contributed by atoms with Crippen molar-refractivity contribution < 1.29 is 18.3 Å². The van der Waals surface area contributed by atoms with Crippen LogP contribution in [0, 0.1) is 5.82 Å². The molecule has 1 aliphatic rings. The minimum absolute atomic E-state index is 0.303. The van der Waals surface area contributed by atoms with Crippen LogP contribution in [0.5, 0.6) is 11.5 Å². The molecule has 6 heteroatoms. The molecule has 0 saturated carbocycles. The Labute approximate surface area is 131 Å². The lowest BCUT2D eigenvalue weighted by Crippen LogP contribution is -2.15. The van der Waals surface area contributed by atoms with E-state index in [4.69, 9.17) is 13.9 Å². The fourth-order valence-corrected chi connectivity index (χ4v) is 2.44. The number of fused-ring (bicyclic) bond motifs is 1. The van der Waals surface area contributed by atoms with Crippen molar-refractivity contribution in [1.82, 2.24) is 10.2 Å². The predicted molar refractivity (Wildman–Crippen MR) is 79.9 cm³/mol. The summed E-state index contributed by atoms with van der Waals surface area (Å²) in [6.45, 7) is 1.10. The monoisotopic (exact) mass is 312 g/mol. The van der Waals surface area contributed by atoms with Gasteiger partial charge in [0.15, 0.2) is 11.5 Å². The molecular formula is C17H13FN2O3. The highest BCUT2D eigenvalue weighted by Gasteiger charge is 2.14. The molecule has 2 aromatic carbocycles. The number of ether oxygens (including phenoxy) is 2. The summed E-state index contributed by atoms with van der Waals surface area (Å²) in [5.41, 5.74) is 1.54. The highest BCUT2D eigenvalue weighted by molar-refractivity contribution is 5.52. The first-order valence-electron chi connectivity index (χ1n) is 7.25. The highest BCUT2D eigenvalue weighted by Crippen LogP contribution is 2.31. The molecule has 3 aromatic rings. The first-order chi connectivity index (χ1) is 11.3. The third kappa shape index (κ3) is 2.88. The minimum atomic E-state index is -0.339. The summed E-state index contributed by atoms with van der Waals surface area (Å²) in [6.07, 6.45) is 0.471. The van der Waals surface area contributed by atoms with Gasteiger partial charge < -0.3 is 13.9 Å². The van der Waals surface area contributed by atoms with Gasteiger partial charge in [0.05, 0.1) is 6.42 Å². The summed E-state index contributed by atoms with van der Waals surface area (Å²) in [5, 5.41) is 7.99. The van der Waals surface area contributed by atoms with Gasteiger partial charge in [0.25, 0.3) is 0 Å². The topological polar surface area (TPSA) is 57.4 Å². The van der Waals surface area contributed by atoms with Crippen molar-refractivity contribution in [2.75, 3.05) is 13.2 Å².